The van der Waals surface area contributed by atoms with Crippen LogP contribution >= 0.6 is 11.6 Å². The van der Waals surface area contributed by atoms with Crippen LogP contribution in [0.3, 0.4) is 0 Å². The van der Waals surface area contributed by atoms with E-state index in [1.165, 1.54) is 12.1 Å². The number of halogens is 1. The van der Waals surface area contributed by atoms with E-state index in [4.69, 9.17) is 11.6 Å². The second-order valence-corrected chi connectivity index (χ2v) is 6.11. The van der Waals surface area contributed by atoms with Crippen molar-refractivity contribution in [1.82, 2.24) is 4.98 Å². The molecule has 2 rings (SSSR count). The predicted molar refractivity (Wildman–Crippen MR) is 81.6 cm³/mol. The van der Waals surface area contributed by atoms with Crippen molar-refractivity contribution in [3.8, 4) is 0 Å². The van der Waals surface area contributed by atoms with E-state index in [9.17, 15) is 15.2 Å². The molecule has 7 heteroatoms. The molecule has 0 radical (unpaired) electrons. The molecule has 2 N–H and O–H groups in total. The van der Waals surface area contributed by atoms with Gasteiger partial charge < -0.3 is 10.4 Å². The van der Waals surface area contributed by atoms with E-state index in [1.807, 2.05) is 0 Å². The van der Waals surface area contributed by atoms with E-state index < -0.39 is 10.5 Å². The third-order valence-electron chi connectivity index (χ3n) is 4.20. The van der Waals surface area contributed by atoms with Crippen molar-refractivity contribution in [1.29, 1.82) is 0 Å². The highest BCUT2D eigenvalue weighted by Crippen LogP contribution is 2.34. The number of nitro groups is 1. The van der Waals surface area contributed by atoms with E-state index in [1.54, 1.807) is 0 Å². The van der Waals surface area contributed by atoms with Crippen molar-refractivity contribution >= 4 is 23.1 Å². The summed E-state index contributed by atoms with van der Waals surface area (Å²) in [5.41, 5.74) is -0.885. The second-order valence-electron chi connectivity index (χ2n) is 5.72. The van der Waals surface area contributed by atoms with Crippen LogP contribution in [0.5, 0.6) is 0 Å². The molecule has 116 valence electrons. The second kappa shape index (κ2) is 6.58. The SMILES string of the molecule is CCC1CCC(O)(CNc2cc([N+](=O)[O-])cc(Cl)n2)CC1. The molecule has 0 unspecified atom stereocenters. The Labute approximate surface area is 128 Å². The summed E-state index contributed by atoms with van der Waals surface area (Å²) in [6.07, 6.45) is 4.64. The van der Waals surface area contributed by atoms with Crippen molar-refractivity contribution in [2.45, 2.75) is 44.6 Å². The molecule has 0 saturated heterocycles. The average Bonchev–Trinajstić information content (AvgIpc) is 2.45. The minimum Gasteiger partial charge on any atom is -0.388 e. The minimum absolute atomic E-state index is 0.0633. The summed E-state index contributed by atoms with van der Waals surface area (Å²) in [7, 11) is 0. The number of hydrogen-bond acceptors (Lipinski definition) is 5. The maximum Gasteiger partial charge on any atom is 0.276 e. The first-order valence-electron chi connectivity index (χ1n) is 7.20. The fourth-order valence-corrected chi connectivity index (χ4v) is 2.94. The maximum atomic E-state index is 10.8. The lowest BCUT2D eigenvalue weighted by Gasteiger charge is -2.36. The molecular weight excluding hydrogens is 294 g/mol. The van der Waals surface area contributed by atoms with Crippen molar-refractivity contribution in [2.75, 3.05) is 11.9 Å². The van der Waals surface area contributed by atoms with Crippen LogP contribution in [0.4, 0.5) is 11.5 Å². The van der Waals surface area contributed by atoms with Crippen LogP contribution in [0.15, 0.2) is 12.1 Å². The molecule has 1 aliphatic carbocycles. The van der Waals surface area contributed by atoms with Gasteiger partial charge in [0.05, 0.1) is 22.7 Å². The molecule has 6 nitrogen and oxygen atoms in total. The first kappa shape index (κ1) is 16.0. The monoisotopic (exact) mass is 313 g/mol. The molecule has 1 aromatic rings. The molecule has 0 aliphatic heterocycles. The molecule has 0 aromatic carbocycles. The number of pyridine rings is 1. The third kappa shape index (κ3) is 4.28. The smallest absolute Gasteiger partial charge is 0.276 e. The normalized spacial score (nSPS) is 25.6. The molecular formula is C14H20ClN3O3. The van der Waals surface area contributed by atoms with E-state index in [-0.39, 0.29) is 10.8 Å². The quantitative estimate of drug-likeness (QED) is 0.494. The molecule has 1 fully saturated rings. The highest BCUT2D eigenvalue weighted by molar-refractivity contribution is 6.29. The summed E-state index contributed by atoms with van der Waals surface area (Å²) < 4.78 is 0. The Kier molecular flexibility index (Phi) is 5.00. The lowest BCUT2D eigenvalue weighted by Crippen LogP contribution is -2.40. The lowest BCUT2D eigenvalue weighted by molar-refractivity contribution is -0.384. The van der Waals surface area contributed by atoms with E-state index in [0.29, 0.717) is 18.3 Å². The number of aliphatic hydroxyl groups is 1. The Hall–Kier alpha value is -1.40. The van der Waals surface area contributed by atoms with Crippen LogP contribution in [0.25, 0.3) is 0 Å². The maximum absolute atomic E-state index is 10.8. The molecule has 0 bridgehead atoms. The Morgan fingerprint density at radius 1 is 1.52 bits per heavy atom. The zero-order valence-corrected chi connectivity index (χ0v) is 12.8. The van der Waals surface area contributed by atoms with Crippen LogP contribution in [-0.4, -0.2) is 27.2 Å². The Balaban J connectivity index is 1.98. The van der Waals surface area contributed by atoms with Gasteiger partial charge in [-0.05, 0) is 31.6 Å². The lowest BCUT2D eigenvalue weighted by atomic mass is 9.78. The number of rotatable bonds is 5. The molecule has 1 saturated carbocycles. The van der Waals surface area contributed by atoms with E-state index in [0.717, 1.165) is 32.1 Å². The molecule has 0 spiro atoms. The van der Waals surface area contributed by atoms with Gasteiger partial charge in [0, 0.05) is 6.54 Å². The Morgan fingerprint density at radius 3 is 2.76 bits per heavy atom. The number of anilines is 1. The summed E-state index contributed by atoms with van der Waals surface area (Å²) in [4.78, 5) is 14.3. The van der Waals surface area contributed by atoms with Crippen LogP contribution in [0.1, 0.15) is 39.0 Å². The van der Waals surface area contributed by atoms with Gasteiger partial charge in [0.2, 0.25) is 0 Å². The van der Waals surface area contributed by atoms with Gasteiger partial charge in [-0.2, -0.15) is 0 Å². The molecule has 0 atom stereocenters. The minimum atomic E-state index is -0.773. The topological polar surface area (TPSA) is 88.3 Å². The number of hydrogen-bond donors (Lipinski definition) is 2. The molecule has 1 aromatic heterocycles. The van der Waals surface area contributed by atoms with Gasteiger partial charge in [-0.3, -0.25) is 10.1 Å². The van der Waals surface area contributed by atoms with E-state index in [2.05, 4.69) is 17.2 Å². The van der Waals surface area contributed by atoms with Crippen LogP contribution < -0.4 is 5.32 Å². The highest BCUT2D eigenvalue weighted by atomic mass is 35.5. The van der Waals surface area contributed by atoms with Crippen molar-refractivity contribution in [3.63, 3.8) is 0 Å². The van der Waals surface area contributed by atoms with Crippen molar-refractivity contribution in [2.24, 2.45) is 5.92 Å². The van der Waals surface area contributed by atoms with Crippen LogP contribution in [0, 0.1) is 16.0 Å². The van der Waals surface area contributed by atoms with Crippen molar-refractivity contribution < 1.29 is 10.0 Å². The predicted octanol–water partition coefficient (Wildman–Crippen LogP) is 3.39. The Morgan fingerprint density at radius 2 is 2.19 bits per heavy atom. The fourth-order valence-electron chi connectivity index (χ4n) is 2.73. The molecule has 1 aliphatic rings. The summed E-state index contributed by atoms with van der Waals surface area (Å²) in [5.74, 6) is 1.01. The van der Waals surface area contributed by atoms with Gasteiger partial charge in [-0.15, -0.1) is 0 Å². The standard InChI is InChI=1S/C14H20ClN3O3/c1-2-10-3-5-14(19,6-4-10)9-16-13-8-11(18(20)21)7-12(15)17-13/h7-8,10,19H,2-6,9H2,1H3,(H,16,17). The Bertz CT molecular complexity index is 516. The number of nitrogens with one attached hydrogen (secondary N) is 1. The van der Waals surface area contributed by atoms with Gasteiger partial charge in [0.1, 0.15) is 11.0 Å². The summed E-state index contributed by atoms with van der Waals surface area (Å²) in [6, 6.07) is 2.53. The fraction of sp³-hybridized carbons (Fsp3) is 0.643. The molecule has 0 amide bonds. The summed E-state index contributed by atoms with van der Waals surface area (Å²) >= 11 is 5.77. The zero-order valence-electron chi connectivity index (χ0n) is 12.0. The third-order valence-corrected chi connectivity index (χ3v) is 4.40. The summed E-state index contributed by atoms with van der Waals surface area (Å²) in [6.45, 7) is 2.50. The van der Waals surface area contributed by atoms with Gasteiger partial charge >= 0.3 is 0 Å². The average molecular weight is 314 g/mol. The summed E-state index contributed by atoms with van der Waals surface area (Å²) in [5, 5.41) is 24.4. The van der Waals surface area contributed by atoms with Gasteiger partial charge in [-0.25, -0.2) is 4.98 Å². The number of aromatic nitrogens is 1. The molecule has 21 heavy (non-hydrogen) atoms. The largest absolute Gasteiger partial charge is 0.388 e. The first-order valence-corrected chi connectivity index (χ1v) is 7.58. The van der Waals surface area contributed by atoms with Crippen LogP contribution in [-0.2, 0) is 0 Å². The highest BCUT2D eigenvalue weighted by Gasteiger charge is 2.32. The van der Waals surface area contributed by atoms with Gasteiger partial charge in [0.15, 0.2) is 0 Å². The van der Waals surface area contributed by atoms with Crippen LogP contribution in [0.2, 0.25) is 5.15 Å². The zero-order chi connectivity index (χ0) is 15.5. The van der Waals surface area contributed by atoms with Gasteiger partial charge in [0.25, 0.3) is 5.69 Å². The van der Waals surface area contributed by atoms with E-state index >= 15 is 0 Å². The first-order chi connectivity index (χ1) is 9.92. The number of nitrogens with zero attached hydrogens (tertiary/aromatic N) is 2. The van der Waals surface area contributed by atoms with Gasteiger partial charge in [-0.1, -0.05) is 24.9 Å². The van der Waals surface area contributed by atoms with Crippen molar-refractivity contribution in [3.05, 3.63) is 27.4 Å². The molecule has 1 heterocycles.